The first kappa shape index (κ1) is 21.9. The summed E-state index contributed by atoms with van der Waals surface area (Å²) >= 11 is 0. The minimum absolute atomic E-state index is 0. The zero-order chi connectivity index (χ0) is 20.6. The third-order valence-electron chi connectivity index (χ3n) is 4.40. The van der Waals surface area contributed by atoms with E-state index in [1.165, 1.54) is 17.1 Å². The predicted octanol–water partition coefficient (Wildman–Crippen LogP) is 3.79. The summed E-state index contributed by atoms with van der Waals surface area (Å²) in [6.07, 6.45) is -1.52. The number of para-hydroxylation sites is 1. The Kier molecular flexibility index (Phi) is 5.94. The number of nitrogens with zero attached hydrogens (tertiary/aromatic N) is 6. The van der Waals surface area contributed by atoms with Gasteiger partial charge in [-0.1, -0.05) is 5.56 Å². The molecule has 6 nitrogen and oxygen atoms in total. The van der Waals surface area contributed by atoms with Crippen molar-refractivity contribution in [1.82, 2.24) is 29.5 Å². The fraction of sp³-hybridized carbons (Fsp3) is 0.200. The molecule has 0 saturated heterocycles. The van der Waals surface area contributed by atoms with E-state index < -0.39 is 17.2 Å². The monoisotopic (exact) mass is 591 g/mol. The van der Waals surface area contributed by atoms with Gasteiger partial charge in [-0.05, 0) is 25.2 Å². The Bertz CT molecular complexity index is 1130. The fourth-order valence-electron chi connectivity index (χ4n) is 2.72. The van der Waals surface area contributed by atoms with Gasteiger partial charge in [-0.3, -0.25) is 0 Å². The molecule has 2 heterocycles. The smallest absolute Gasteiger partial charge is 0.245 e. The quantitative estimate of drug-likeness (QED) is 0.339. The van der Waals surface area contributed by atoms with Crippen LogP contribution in [0.25, 0.3) is 11.4 Å². The summed E-state index contributed by atoms with van der Waals surface area (Å²) < 4.78 is 41.7. The number of hydrogen-bond acceptors (Lipinski definition) is 4. The summed E-state index contributed by atoms with van der Waals surface area (Å²) in [5.41, 5.74) is -0.666. The standard InChI is InChI=1S/C20H15F3N6.Pt/c1-19(2,17-24-12-28(26-17)15-8-4-3-5-9-15)18-25-13-29(27-18)16-10-6-7-14(11-16)20(21,22)23;/h3-8,11-13H,1-2H3;/q-2;+2. The Labute approximate surface area is 185 Å². The van der Waals surface area contributed by atoms with E-state index in [4.69, 9.17) is 0 Å². The van der Waals surface area contributed by atoms with Gasteiger partial charge in [-0.15, -0.1) is 12.1 Å². The van der Waals surface area contributed by atoms with Gasteiger partial charge in [0.2, 0.25) is 0 Å². The first-order valence-electron chi connectivity index (χ1n) is 8.66. The Morgan fingerprint density at radius 1 is 0.833 bits per heavy atom. The normalized spacial score (nSPS) is 11.9. The van der Waals surface area contributed by atoms with E-state index in [1.807, 2.05) is 32.0 Å². The zero-order valence-corrected chi connectivity index (χ0v) is 18.1. The Morgan fingerprint density at radius 3 is 2.00 bits per heavy atom. The molecule has 4 aromatic rings. The molecule has 0 atom stereocenters. The van der Waals surface area contributed by atoms with Gasteiger partial charge in [0.1, 0.15) is 12.7 Å². The molecule has 0 saturated carbocycles. The molecule has 0 aliphatic heterocycles. The van der Waals surface area contributed by atoms with Gasteiger partial charge in [0.15, 0.2) is 11.6 Å². The van der Waals surface area contributed by atoms with Crippen molar-refractivity contribution >= 4 is 0 Å². The molecular formula is C20H15F3N6Pt. The van der Waals surface area contributed by atoms with Gasteiger partial charge in [0.05, 0.1) is 5.41 Å². The third-order valence-corrected chi connectivity index (χ3v) is 4.40. The molecule has 0 aliphatic carbocycles. The topological polar surface area (TPSA) is 61.4 Å². The summed E-state index contributed by atoms with van der Waals surface area (Å²) in [5.74, 6) is 0.846. The second kappa shape index (κ2) is 8.14. The van der Waals surface area contributed by atoms with Crippen LogP contribution in [0.1, 0.15) is 31.1 Å². The molecule has 0 radical (unpaired) electrons. The number of rotatable bonds is 4. The van der Waals surface area contributed by atoms with Crippen LogP contribution in [0.15, 0.2) is 55.1 Å². The minimum atomic E-state index is -4.45. The van der Waals surface area contributed by atoms with Crippen molar-refractivity contribution in [2.45, 2.75) is 25.4 Å². The van der Waals surface area contributed by atoms with Crippen LogP contribution in [0, 0.1) is 12.1 Å². The molecule has 30 heavy (non-hydrogen) atoms. The Hall–Kier alpha value is -2.80. The molecule has 10 heteroatoms. The maximum atomic E-state index is 13.0. The number of halogens is 3. The second-order valence-electron chi connectivity index (χ2n) is 6.86. The molecule has 0 aliphatic rings. The van der Waals surface area contributed by atoms with Crippen LogP contribution in [0.4, 0.5) is 13.2 Å². The largest absolute Gasteiger partial charge is 2.00 e. The third kappa shape index (κ3) is 4.21. The summed E-state index contributed by atoms with van der Waals surface area (Å²) in [4.78, 5) is 8.62. The van der Waals surface area contributed by atoms with E-state index in [0.29, 0.717) is 11.6 Å². The van der Waals surface area contributed by atoms with Crippen molar-refractivity contribution in [2.24, 2.45) is 0 Å². The summed E-state index contributed by atoms with van der Waals surface area (Å²) in [5, 5.41) is 8.83. The second-order valence-corrected chi connectivity index (χ2v) is 6.86. The zero-order valence-electron chi connectivity index (χ0n) is 15.8. The molecule has 0 unspecified atom stereocenters. The first-order chi connectivity index (χ1) is 13.7. The number of aromatic nitrogens is 6. The predicted molar refractivity (Wildman–Crippen MR) is 97.5 cm³/mol. The van der Waals surface area contributed by atoms with Crippen molar-refractivity contribution < 1.29 is 34.2 Å². The van der Waals surface area contributed by atoms with Crippen LogP contribution >= 0.6 is 0 Å². The molecule has 0 N–H and O–H groups in total. The Morgan fingerprint density at radius 2 is 1.43 bits per heavy atom. The van der Waals surface area contributed by atoms with E-state index >= 15 is 0 Å². The van der Waals surface area contributed by atoms with Crippen molar-refractivity contribution in [2.75, 3.05) is 0 Å². The van der Waals surface area contributed by atoms with E-state index in [0.717, 1.165) is 17.8 Å². The van der Waals surface area contributed by atoms with Crippen LogP contribution < -0.4 is 0 Å². The summed E-state index contributed by atoms with van der Waals surface area (Å²) in [6, 6.07) is 16.3. The number of benzene rings is 2. The molecule has 156 valence electrons. The van der Waals surface area contributed by atoms with Gasteiger partial charge in [-0.2, -0.15) is 65.8 Å². The van der Waals surface area contributed by atoms with E-state index in [9.17, 15) is 13.2 Å². The van der Waals surface area contributed by atoms with Crippen molar-refractivity contribution in [3.8, 4) is 11.4 Å². The molecule has 0 spiro atoms. The minimum Gasteiger partial charge on any atom is -0.245 e. The van der Waals surface area contributed by atoms with E-state index in [-0.39, 0.29) is 26.8 Å². The molecule has 0 fully saturated rings. The van der Waals surface area contributed by atoms with E-state index in [2.05, 4.69) is 32.3 Å². The van der Waals surface area contributed by atoms with Crippen LogP contribution in [0.5, 0.6) is 0 Å². The summed E-state index contributed by atoms with van der Waals surface area (Å²) in [7, 11) is 0. The van der Waals surface area contributed by atoms with Crippen LogP contribution in [0.2, 0.25) is 0 Å². The van der Waals surface area contributed by atoms with Crippen LogP contribution in [-0.4, -0.2) is 29.5 Å². The first-order valence-corrected chi connectivity index (χ1v) is 8.66. The van der Waals surface area contributed by atoms with Gasteiger partial charge < -0.3 is 0 Å². The molecule has 0 amide bonds. The molecule has 2 aromatic carbocycles. The molecule has 4 rings (SSSR count). The fourth-order valence-corrected chi connectivity index (χ4v) is 2.72. The van der Waals surface area contributed by atoms with Crippen molar-refractivity contribution in [1.29, 1.82) is 0 Å². The van der Waals surface area contributed by atoms with Crippen LogP contribution in [0.3, 0.4) is 0 Å². The number of hydrogen-bond donors (Lipinski definition) is 0. The Balaban J connectivity index is 0.00000256. The maximum absolute atomic E-state index is 13.0. The van der Waals surface area contributed by atoms with Gasteiger partial charge in [0, 0.05) is 0 Å². The van der Waals surface area contributed by atoms with Crippen molar-refractivity contribution in [3.63, 3.8) is 0 Å². The average Bonchev–Trinajstić information content (AvgIpc) is 3.39. The van der Waals surface area contributed by atoms with Crippen LogP contribution in [-0.2, 0) is 32.7 Å². The maximum Gasteiger partial charge on any atom is 2.00 e. The molecule has 0 bridgehead atoms. The van der Waals surface area contributed by atoms with Gasteiger partial charge in [-0.25, -0.2) is 19.3 Å². The number of alkyl halides is 3. The van der Waals surface area contributed by atoms with Gasteiger partial charge >= 0.3 is 27.2 Å². The molecular weight excluding hydrogens is 576 g/mol. The average molecular weight is 591 g/mol. The van der Waals surface area contributed by atoms with Gasteiger partial charge in [0.25, 0.3) is 0 Å². The van der Waals surface area contributed by atoms with Crippen molar-refractivity contribution in [3.05, 3.63) is 84.5 Å². The SMILES string of the molecule is CC(C)(c1ncn(-c2[c-]cccc2)n1)c1ncn(-c2[c-]ccc(C(F)(F)F)c2)n1.[Pt+2]. The molecule has 2 aromatic heterocycles. The summed E-state index contributed by atoms with van der Waals surface area (Å²) in [6.45, 7) is 3.69. The van der Waals surface area contributed by atoms with E-state index in [1.54, 1.807) is 17.1 Å².